The van der Waals surface area contributed by atoms with Gasteiger partial charge in [-0.1, -0.05) is 36.4 Å². The van der Waals surface area contributed by atoms with Crippen molar-refractivity contribution in [3.63, 3.8) is 0 Å². The van der Waals surface area contributed by atoms with E-state index in [2.05, 4.69) is 27.0 Å². The number of hydrogen-bond acceptors (Lipinski definition) is 7. The van der Waals surface area contributed by atoms with Crippen molar-refractivity contribution in [3.05, 3.63) is 23.0 Å². The van der Waals surface area contributed by atoms with Crippen LogP contribution in [0.25, 0.3) is 0 Å². The van der Waals surface area contributed by atoms with Gasteiger partial charge < -0.3 is 14.6 Å². The number of nitrogens with one attached hydrogen (secondary N) is 1. The third kappa shape index (κ3) is 5.82. The molecule has 2 rings (SSSR count). The SMILES string of the molecule is CCCCNc1nnc(SCC(=O)c2cc(C)n(CCCOC)c2C)s1. The fourth-order valence-corrected chi connectivity index (χ4v) is 4.37. The lowest BCUT2D eigenvalue weighted by atomic mass is 10.2. The minimum Gasteiger partial charge on any atom is -0.385 e. The second kappa shape index (κ2) is 10.7. The van der Waals surface area contributed by atoms with E-state index in [1.807, 2.05) is 19.9 Å². The Morgan fingerprint density at radius 3 is 2.88 bits per heavy atom. The number of nitrogens with zero attached hydrogens (tertiary/aromatic N) is 3. The summed E-state index contributed by atoms with van der Waals surface area (Å²) in [7, 11) is 1.71. The molecular weight excluding hydrogens is 368 g/mol. The third-order valence-corrected chi connectivity index (χ3v) is 6.16. The summed E-state index contributed by atoms with van der Waals surface area (Å²) in [6.07, 6.45) is 3.19. The number of methoxy groups -OCH3 is 1. The molecule has 0 bridgehead atoms. The smallest absolute Gasteiger partial charge is 0.206 e. The number of carbonyl (C=O) groups is 1. The number of ketones is 1. The third-order valence-electron chi connectivity index (χ3n) is 4.14. The lowest BCUT2D eigenvalue weighted by Gasteiger charge is -2.09. The Hall–Kier alpha value is -1.38. The quantitative estimate of drug-likeness (QED) is 0.330. The highest BCUT2D eigenvalue weighted by atomic mass is 32.2. The molecule has 0 radical (unpaired) electrons. The van der Waals surface area contributed by atoms with Crippen LogP contribution in [0.15, 0.2) is 10.4 Å². The van der Waals surface area contributed by atoms with Crippen LogP contribution in [0.1, 0.15) is 47.9 Å². The van der Waals surface area contributed by atoms with Crippen molar-refractivity contribution in [3.8, 4) is 0 Å². The van der Waals surface area contributed by atoms with Crippen LogP contribution >= 0.6 is 23.1 Å². The Balaban J connectivity index is 1.90. The number of anilines is 1. The minimum atomic E-state index is 0.136. The van der Waals surface area contributed by atoms with E-state index in [-0.39, 0.29) is 5.78 Å². The number of unbranched alkanes of at least 4 members (excludes halogenated alkanes) is 1. The molecule has 0 unspecified atom stereocenters. The Morgan fingerprint density at radius 1 is 1.35 bits per heavy atom. The Labute approximate surface area is 163 Å². The van der Waals surface area contributed by atoms with Crippen molar-refractivity contribution in [2.45, 2.75) is 50.9 Å². The molecule has 26 heavy (non-hydrogen) atoms. The zero-order valence-corrected chi connectivity index (χ0v) is 17.6. The number of rotatable bonds is 12. The lowest BCUT2D eigenvalue weighted by Crippen LogP contribution is -2.08. The van der Waals surface area contributed by atoms with Gasteiger partial charge in [0.1, 0.15) is 0 Å². The van der Waals surface area contributed by atoms with Gasteiger partial charge >= 0.3 is 0 Å². The second-order valence-electron chi connectivity index (χ2n) is 6.15. The summed E-state index contributed by atoms with van der Waals surface area (Å²) in [5, 5.41) is 12.4. The Bertz CT molecular complexity index is 712. The topological polar surface area (TPSA) is 69.0 Å². The predicted molar refractivity (Wildman–Crippen MR) is 109 cm³/mol. The van der Waals surface area contributed by atoms with Crippen molar-refractivity contribution >= 4 is 34.0 Å². The molecule has 144 valence electrons. The van der Waals surface area contributed by atoms with Crippen LogP contribution in [0.3, 0.4) is 0 Å². The maximum absolute atomic E-state index is 12.6. The van der Waals surface area contributed by atoms with Crippen molar-refractivity contribution in [1.82, 2.24) is 14.8 Å². The van der Waals surface area contributed by atoms with Crippen molar-refractivity contribution in [2.24, 2.45) is 0 Å². The lowest BCUT2D eigenvalue weighted by molar-refractivity contribution is 0.102. The number of aromatic nitrogens is 3. The van der Waals surface area contributed by atoms with Gasteiger partial charge in [-0.15, -0.1) is 10.2 Å². The van der Waals surface area contributed by atoms with E-state index in [9.17, 15) is 4.79 Å². The summed E-state index contributed by atoms with van der Waals surface area (Å²) in [6.45, 7) is 8.71. The van der Waals surface area contributed by atoms with E-state index in [1.54, 1.807) is 7.11 Å². The molecule has 0 aliphatic rings. The molecule has 0 aromatic carbocycles. The molecule has 0 amide bonds. The number of aryl methyl sites for hydroxylation is 1. The van der Waals surface area contributed by atoms with Crippen LogP contribution in [0.4, 0.5) is 5.13 Å². The number of carbonyl (C=O) groups excluding carboxylic acids is 1. The summed E-state index contributed by atoms with van der Waals surface area (Å²) in [5.74, 6) is 0.517. The van der Waals surface area contributed by atoms with Crippen LogP contribution in [-0.2, 0) is 11.3 Å². The van der Waals surface area contributed by atoms with Gasteiger partial charge in [-0.25, -0.2) is 0 Å². The summed E-state index contributed by atoms with van der Waals surface area (Å²) in [6, 6.07) is 1.99. The van der Waals surface area contributed by atoms with Crippen molar-refractivity contribution < 1.29 is 9.53 Å². The molecule has 1 N–H and O–H groups in total. The van der Waals surface area contributed by atoms with Crippen LogP contribution in [0.5, 0.6) is 0 Å². The molecular formula is C18H28N4O2S2. The largest absolute Gasteiger partial charge is 0.385 e. The van der Waals surface area contributed by atoms with Crippen LogP contribution in [0.2, 0.25) is 0 Å². The molecule has 0 fully saturated rings. The zero-order valence-electron chi connectivity index (χ0n) is 16.0. The Kier molecular flexibility index (Phi) is 8.61. The molecule has 2 aromatic heterocycles. The molecule has 0 spiro atoms. The molecule has 2 heterocycles. The average molecular weight is 397 g/mol. The minimum absolute atomic E-state index is 0.136. The average Bonchev–Trinajstić information content (AvgIpc) is 3.19. The molecule has 0 aliphatic carbocycles. The first-order valence-electron chi connectivity index (χ1n) is 8.95. The molecule has 0 saturated carbocycles. The van der Waals surface area contributed by atoms with E-state index in [1.165, 1.54) is 23.1 Å². The maximum atomic E-state index is 12.6. The fourth-order valence-electron chi connectivity index (χ4n) is 2.71. The first-order chi connectivity index (χ1) is 12.6. The standard InChI is InChI=1S/C18H28N4O2S2/c1-5-6-8-19-17-20-21-18(26-17)25-12-16(23)15-11-13(2)22(14(15)3)9-7-10-24-4/h11H,5-10,12H2,1-4H3,(H,19,20). The van der Waals surface area contributed by atoms with E-state index in [4.69, 9.17) is 4.74 Å². The highest BCUT2D eigenvalue weighted by molar-refractivity contribution is 8.01. The molecule has 0 saturated heterocycles. The predicted octanol–water partition coefficient (Wildman–Crippen LogP) is 4.18. The molecule has 8 heteroatoms. The van der Waals surface area contributed by atoms with E-state index >= 15 is 0 Å². The van der Waals surface area contributed by atoms with Gasteiger partial charge in [0, 0.05) is 43.8 Å². The van der Waals surface area contributed by atoms with E-state index < -0.39 is 0 Å². The van der Waals surface area contributed by atoms with Gasteiger partial charge in [0.2, 0.25) is 5.13 Å². The van der Waals surface area contributed by atoms with E-state index in [0.717, 1.165) is 65.4 Å². The van der Waals surface area contributed by atoms with Gasteiger partial charge in [0.25, 0.3) is 0 Å². The van der Waals surface area contributed by atoms with Gasteiger partial charge in [0.15, 0.2) is 10.1 Å². The first kappa shape index (κ1) is 20.9. The Morgan fingerprint density at radius 2 is 2.15 bits per heavy atom. The van der Waals surface area contributed by atoms with Gasteiger partial charge in [0.05, 0.1) is 5.75 Å². The van der Waals surface area contributed by atoms with Crippen LogP contribution in [-0.4, -0.2) is 46.6 Å². The zero-order chi connectivity index (χ0) is 18.9. The normalized spacial score (nSPS) is 11.1. The van der Waals surface area contributed by atoms with Gasteiger partial charge in [-0.3, -0.25) is 4.79 Å². The second-order valence-corrected chi connectivity index (χ2v) is 8.35. The van der Waals surface area contributed by atoms with Crippen molar-refractivity contribution in [2.75, 3.05) is 31.3 Å². The summed E-state index contributed by atoms with van der Waals surface area (Å²) in [4.78, 5) is 12.6. The number of ether oxygens (including phenoxy) is 1. The number of thioether (sulfide) groups is 1. The monoisotopic (exact) mass is 396 g/mol. The highest BCUT2D eigenvalue weighted by Crippen LogP contribution is 2.27. The molecule has 0 aliphatic heterocycles. The van der Waals surface area contributed by atoms with Crippen LogP contribution in [0, 0.1) is 13.8 Å². The molecule has 6 nitrogen and oxygen atoms in total. The first-order valence-corrected chi connectivity index (χ1v) is 10.8. The maximum Gasteiger partial charge on any atom is 0.206 e. The summed E-state index contributed by atoms with van der Waals surface area (Å²) >= 11 is 2.96. The van der Waals surface area contributed by atoms with Gasteiger partial charge in [-0.05, 0) is 32.8 Å². The molecule has 0 atom stereocenters. The summed E-state index contributed by atoms with van der Waals surface area (Å²) < 4.78 is 8.13. The van der Waals surface area contributed by atoms with E-state index in [0.29, 0.717) is 5.75 Å². The summed E-state index contributed by atoms with van der Waals surface area (Å²) in [5.41, 5.74) is 2.95. The van der Waals surface area contributed by atoms with Gasteiger partial charge in [-0.2, -0.15) is 0 Å². The molecule has 2 aromatic rings. The van der Waals surface area contributed by atoms with Crippen molar-refractivity contribution in [1.29, 1.82) is 0 Å². The number of Topliss-reactive ketones (excluding diaryl/α,β-unsaturated/α-hetero) is 1. The van der Waals surface area contributed by atoms with Crippen LogP contribution < -0.4 is 5.32 Å². The number of hydrogen-bond donors (Lipinski definition) is 1. The highest BCUT2D eigenvalue weighted by Gasteiger charge is 2.16. The fraction of sp³-hybridized carbons (Fsp3) is 0.611.